The van der Waals surface area contributed by atoms with E-state index < -0.39 is 0 Å². The number of anilines is 1. The second-order valence-corrected chi connectivity index (χ2v) is 7.96. The first-order chi connectivity index (χ1) is 8.65. The Balaban J connectivity index is 1.68. The summed E-state index contributed by atoms with van der Waals surface area (Å²) >= 11 is 5.55. The maximum absolute atomic E-state index is 4.63. The highest BCUT2D eigenvalue weighted by atomic mass is 79.9. The molecule has 0 bridgehead atoms. The van der Waals surface area contributed by atoms with E-state index in [-0.39, 0.29) is 0 Å². The zero-order chi connectivity index (χ0) is 12.6. The van der Waals surface area contributed by atoms with Crippen molar-refractivity contribution >= 4 is 33.5 Å². The largest absolute Gasteiger partial charge is 0.369 e. The molecule has 0 spiro atoms. The second-order valence-electron chi connectivity index (χ2n) is 5.46. The van der Waals surface area contributed by atoms with Crippen molar-refractivity contribution in [3.63, 3.8) is 0 Å². The van der Waals surface area contributed by atoms with Crippen LogP contribution < -0.4 is 5.32 Å². The summed E-state index contributed by atoms with van der Waals surface area (Å²) in [6, 6.07) is 1.98. The fraction of sp³-hybridized carbons (Fsp3) is 0.692. The molecule has 18 heavy (non-hydrogen) atoms. The molecule has 1 aliphatic heterocycles. The van der Waals surface area contributed by atoms with Crippen LogP contribution in [0, 0.1) is 0 Å². The zero-order valence-corrected chi connectivity index (χ0v) is 13.0. The summed E-state index contributed by atoms with van der Waals surface area (Å²) in [6.45, 7) is 3.33. The van der Waals surface area contributed by atoms with Crippen molar-refractivity contribution in [3.8, 4) is 0 Å². The molecule has 0 aromatic carbocycles. The predicted octanol–water partition coefficient (Wildman–Crippen LogP) is 3.81. The van der Waals surface area contributed by atoms with Crippen molar-refractivity contribution in [2.45, 2.75) is 43.3 Å². The molecule has 1 aromatic rings. The van der Waals surface area contributed by atoms with E-state index in [2.05, 4.69) is 49.9 Å². The minimum atomic E-state index is 0.372. The van der Waals surface area contributed by atoms with Crippen LogP contribution >= 0.6 is 27.7 Å². The fourth-order valence-corrected chi connectivity index (χ4v) is 3.95. The van der Waals surface area contributed by atoms with Gasteiger partial charge in [0.15, 0.2) is 0 Å². The van der Waals surface area contributed by atoms with Gasteiger partial charge in [-0.2, -0.15) is 11.8 Å². The molecule has 1 atom stereocenters. The van der Waals surface area contributed by atoms with Crippen molar-refractivity contribution in [2.75, 3.05) is 17.6 Å². The van der Waals surface area contributed by atoms with Crippen LogP contribution in [0.5, 0.6) is 0 Å². The van der Waals surface area contributed by atoms with Crippen molar-refractivity contribution < 1.29 is 0 Å². The van der Waals surface area contributed by atoms with Crippen molar-refractivity contribution in [2.24, 2.45) is 0 Å². The van der Waals surface area contributed by atoms with Gasteiger partial charge in [0.25, 0.3) is 0 Å². The molecule has 0 radical (unpaired) electrons. The van der Waals surface area contributed by atoms with Crippen LogP contribution in [0.15, 0.2) is 10.7 Å². The number of nitrogens with zero attached hydrogens (tertiary/aromatic N) is 2. The maximum Gasteiger partial charge on any atom is 0.135 e. The number of hydrogen-bond acceptors (Lipinski definition) is 4. The normalized spacial score (nSPS) is 27.4. The Morgan fingerprint density at radius 3 is 3.00 bits per heavy atom. The quantitative estimate of drug-likeness (QED) is 0.853. The lowest BCUT2D eigenvalue weighted by molar-refractivity contribution is 0.633. The number of thioether (sulfide) groups is 1. The average Bonchev–Trinajstić information content (AvgIpc) is 3.10. The lowest BCUT2D eigenvalue weighted by atomic mass is 10.1. The Bertz CT molecular complexity index is 442. The third-order valence-electron chi connectivity index (χ3n) is 3.60. The van der Waals surface area contributed by atoms with E-state index in [0.717, 1.165) is 22.8 Å². The van der Waals surface area contributed by atoms with Gasteiger partial charge in [-0.05, 0) is 54.3 Å². The summed E-state index contributed by atoms with van der Waals surface area (Å²) in [7, 11) is 0. The topological polar surface area (TPSA) is 37.8 Å². The highest BCUT2D eigenvalue weighted by molar-refractivity contribution is 9.10. The summed E-state index contributed by atoms with van der Waals surface area (Å²) < 4.78 is 1.27. The third-order valence-corrected chi connectivity index (χ3v) is 5.54. The minimum Gasteiger partial charge on any atom is -0.369 e. The molecule has 5 heteroatoms. The SMILES string of the molecule is CC1(CNc2cc(Br)nc(C3CC3)n2)CCCS1. The molecule has 3 nitrogen and oxygen atoms in total. The molecule has 1 aliphatic carbocycles. The Morgan fingerprint density at radius 1 is 1.50 bits per heavy atom. The molecule has 98 valence electrons. The van der Waals surface area contributed by atoms with Gasteiger partial charge in [-0.25, -0.2) is 9.97 Å². The van der Waals surface area contributed by atoms with Crippen LogP contribution in [-0.2, 0) is 0 Å². The summed E-state index contributed by atoms with van der Waals surface area (Å²) in [5.41, 5.74) is 0. The zero-order valence-electron chi connectivity index (χ0n) is 10.6. The van der Waals surface area contributed by atoms with Gasteiger partial charge in [-0.15, -0.1) is 0 Å². The van der Waals surface area contributed by atoms with Gasteiger partial charge >= 0.3 is 0 Å². The third kappa shape index (κ3) is 2.99. The number of halogens is 1. The lowest BCUT2D eigenvalue weighted by Gasteiger charge is -2.23. The molecule has 1 aromatic heterocycles. The standard InChI is InChI=1S/C13H18BrN3S/c1-13(5-2-6-18-13)8-15-11-7-10(14)16-12(17-11)9-3-4-9/h7,9H,2-6,8H2,1H3,(H,15,16,17). The first kappa shape index (κ1) is 12.7. The molecule has 3 rings (SSSR count). The molecule has 2 aliphatic rings. The van der Waals surface area contributed by atoms with E-state index in [0.29, 0.717) is 10.7 Å². The maximum atomic E-state index is 4.63. The minimum absolute atomic E-state index is 0.372. The van der Waals surface area contributed by atoms with Gasteiger partial charge in [0.1, 0.15) is 16.2 Å². The van der Waals surface area contributed by atoms with Gasteiger partial charge in [-0.1, -0.05) is 0 Å². The summed E-state index contributed by atoms with van der Waals surface area (Å²) in [6.07, 6.45) is 5.11. The monoisotopic (exact) mass is 327 g/mol. The van der Waals surface area contributed by atoms with Crippen LogP contribution in [-0.4, -0.2) is 27.0 Å². The predicted molar refractivity (Wildman–Crippen MR) is 80.3 cm³/mol. The van der Waals surface area contributed by atoms with E-state index >= 15 is 0 Å². The van der Waals surface area contributed by atoms with E-state index in [1.165, 1.54) is 31.4 Å². The first-order valence-corrected chi connectivity index (χ1v) is 8.35. The van der Waals surface area contributed by atoms with Crippen LogP contribution in [0.1, 0.15) is 44.3 Å². The van der Waals surface area contributed by atoms with Gasteiger partial charge in [-0.3, -0.25) is 0 Å². The number of rotatable bonds is 4. The highest BCUT2D eigenvalue weighted by Gasteiger charge is 2.30. The lowest BCUT2D eigenvalue weighted by Crippen LogP contribution is -2.27. The molecule has 1 unspecified atom stereocenters. The van der Waals surface area contributed by atoms with Crippen molar-refractivity contribution in [3.05, 3.63) is 16.5 Å². The molecular formula is C13H18BrN3S. The van der Waals surface area contributed by atoms with Crippen LogP contribution in [0.2, 0.25) is 0 Å². The van der Waals surface area contributed by atoms with Gasteiger partial charge in [0, 0.05) is 23.3 Å². The Labute approximate surface area is 121 Å². The number of aromatic nitrogens is 2. The smallest absolute Gasteiger partial charge is 0.135 e. The Hall–Kier alpha value is -0.290. The fourth-order valence-electron chi connectivity index (χ4n) is 2.30. The van der Waals surface area contributed by atoms with E-state index in [4.69, 9.17) is 0 Å². The molecule has 2 heterocycles. The van der Waals surface area contributed by atoms with Gasteiger partial charge in [0.2, 0.25) is 0 Å². The van der Waals surface area contributed by atoms with Gasteiger partial charge in [0.05, 0.1) is 0 Å². The van der Waals surface area contributed by atoms with E-state index in [9.17, 15) is 0 Å². The average molecular weight is 328 g/mol. The molecule has 1 saturated heterocycles. The Morgan fingerprint density at radius 2 is 2.33 bits per heavy atom. The second kappa shape index (κ2) is 5.00. The molecule has 2 fully saturated rings. The van der Waals surface area contributed by atoms with Crippen molar-refractivity contribution in [1.82, 2.24) is 9.97 Å². The van der Waals surface area contributed by atoms with Crippen LogP contribution in [0.4, 0.5) is 5.82 Å². The number of nitrogens with one attached hydrogen (secondary N) is 1. The van der Waals surface area contributed by atoms with E-state index in [1.807, 2.05) is 6.07 Å². The van der Waals surface area contributed by atoms with Crippen LogP contribution in [0.25, 0.3) is 0 Å². The molecule has 0 amide bonds. The summed E-state index contributed by atoms with van der Waals surface area (Å²) in [5.74, 6) is 3.85. The number of hydrogen-bond donors (Lipinski definition) is 1. The Kier molecular flexibility index (Phi) is 3.54. The molecule has 1 N–H and O–H groups in total. The summed E-state index contributed by atoms with van der Waals surface area (Å²) in [4.78, 5) is 9.08. The van der Waals surface area contributed by atoms with Gasteiger partial charge < -0.3 is 5.32 Å². The van der Waals surface area contributed by atoms with Crippen molar-refractivity contribution in [1.29, 1.82) is 0 Å². The molecule has 1 saturated carbocycles. The molecular weight excluding hydrogens is 310 g/mol. The van der Waals surface area contributed by atoms with E-state index in [1.54, 1.807) is 0 Å². The highest BCUT2D eigenvalue weighted by Crippen LogP contribution is 2.39. The summed E-state index contributed by atoms with van der Waals surface area (Å²) in [5, 5.41) is 3.49. The first-order valence-electron chi connectivity index (χ1n) is 6.57. The van der Waals surface area contributed by atoms with Crippen LogP contribution in [0.3, 0.4) is 0 Å².